The maximum atomic E-state index is 13.3. The topological polar surface area (TPSA) is 222 Å². The number of nitrogens with zero attached hydrogens (tertiary/aromatic N) is 1. The molecular weight excluding hydrogens is 494 g/mol. The minimum atomic E-state index is -1.28. The van der Waals surface area contributed by atoms with E-state index in [0.717, 1.165) is 5.56 Å². The Labute approximate surface area is 220 Å². The molecule has 2 rings (SSSR count). The maximum Gasteiger partial charge on any atom is 0.326 e. The van der Waals surface area contributed by atoms with E-state index in [1.54, 1.807) is 37.3 Å². The Morgan fingerprint density at radius 3 is 2.18 bits per heavy atom. The van der Waals surface area contributed by atoms with Gasteiger partial charge in [-0.15, -0.1) is 0 Å². The number of aliphatic carboxylic acids is 1. The van der Waals surface area contributed by atoms with Crippen LogP contribution in [0.4, 0.5) is 0 Å². The summed E-state index contributed by atoms with van der Waals surface area (Å²) >= 11 is 0. The van der Waals surface area contributed by atoms with Crippen LogP contribution in [0.15, 0.2) is 42.9 Å². The molecule has 0 fully saturated rings. The van der Waals surface area contributed by atoms with Crippen molar-refractivity contribution < 1.29 is 29.1 Å². The molecule has 2 aromatic rings. The smallest absolute Gasteiger partial charge is 0.326 e. The van der Waals surface area contributed by atoms with E-state index in [2.05, 4.69) is 25.9 Å². The van der Waals surface area contributed by atoms with Gasteiger partial charge in [-0.3, -0.25) is 19.2 Å². The summed E-state index contributed by atoms with van der Waals surface area (Å²) in [6, 6.07) is 4.12. The lowest BCUT2D eigenvalue weighted by molar-refractivity contribution is -0.142. The van der Waals surface area contributed by atoms with E-state index in [-0.39, 0.29) is 18.8 Å². The molecule has 0 aliphatic rings. The number of carbonyl (C=O) groups is 5. The SMILES string of the molecule is CCC(C)C(NC(=O)C(N)CC(N)=O)C(=O)NC(Cc1ccccc1)C(=O)NC(Cc1cnc[nH]1)C(=O)O. The molecule has 1 aromatic carbocycles. The molecule has 0 aliphatic carbocycles. The third-order valence-electron chi connectivity index (χ3n) is 6.06. The zero-order chi connectivity index (χ0) is 28.2. The third-order valence-corrected chi connectivity index (χ3v) is 6.06. The van der Waals surface area contributed by atoms with Gasteiger partial charge in [0.25, 0.3) is 0 Å². The Bertz CT molecular complexity index is 1090. The second-order valence-corrected chi connectivity index (χ2v) is 9.08. The lowest BCUT2D eigenvalue weighted by Gasteiger charge is -2.28. The zero-order valence-electron chi connectivity index (χ0n) is 21.3. The molecule has 13 heteroatoms. The van der Waals surface area contributed by atoms with E-state index in [9.17, 15) is 29.1 Å². The third kappa shape index (κ3) is 9.32. The molecular formula is C25H35N7O6. The molecule has 0 bridgehead atoms. The highest BCUT2D eigenvalue weighted by molar-refractivity contribution is 5.95. The number of carboxylic acids is 1. The van der Waals surface area contributed by atoms with Crippen molar-refractivity contribution in [1.29, 1.82) is 0 Å². The van der Waals surface area contributed by atoms with Crippen molar-refractivity contribution in [1.82, 2.24) is 25.9 Å². The van der Waals surface area contributed by atoms with Crippen LogP contribution < -0.4 is 27.4 Å². The molecule has 5 unspecified atom stereocenters. The average molecular weight is 530 g/mol. The number of hydrogen-bond donors (Lipinski definition) is 7. The first-order chi connectivity index (χ1) is 18.0. The summed E-state index contributed by atoms with van der Waals surface area (Å²) in [6.07, 6.45) is 2.98. The van der Waals surface area contributed by atoms with Crippen molar-refractivity contribution in [3.05, 3.63) is 54.1 Å². The first kappa shape index (κ1) is 30.0. The molecule has 0 spiro atoms. The monoisotopic (exact) mass is 529 g/mol. The van der Waals surface area contributed by atoms with Crippen LogP contribution in [0.1, 0.15) is 37.9 Å². The first-order valence-electron chi connectivity index (χ1n) is 12.2. The van der Waals surface area contributed by atoms with Crippen LogP contribution in [0, 0.1) is 5.92 Å². The molecule has 0 saturated heterocycles. The summed E-state index contributed by atoms with van der Waals surface area (Å²) in [7, 11) is 0. The number of aromatic nitrogens is 2. The van der Waals surface area contributed by atoms with Crippen LogP contribution in [0.3, 0.4) is 0 Å². The average Bonchev–Trinajstić information content (AvgIpc) is 3.39. The van der Waals surface area contributed by atoms with Gasteiger partial charge in [0.1, 0.15) is 18.1 Å². The summed E-state index contributed by atoms with van der Waals surface area (Å²) in [6.45, 7) is 3.56. The Morgan fingerprint density at radius 2 is 1.63 bits per heavy atom. The number of benzene rings is 1. The lowest BCUT2D eigenvalue weighted by atomic mass is 9.96. The van der Waals surface area contributed by atoms with E-state index >= 15 is 0 Å². The summed E-state index contributed by atoms with van der Waals surface area (Å²) in [5.41, 5.74) is 12.1. The van der Waals surface area contributed by atoms with Crippen molar-refractivity contribution in [2.24, 2.45) is 17.4 Å². The standard InChI is InChI=1S/C25H35N7O6/c1-3-14(2)21(32-22(34)17(26)11-20(27)33)24(36)30-18(9-15-7-5-4-6-8-15)23(35)31-19(25(37)38)10-16-12-28-13-29-16/h4-8,12-14,17-19,21H,3,9-11,26H2,1-2H3,(H2,27,33)(H,28,29)(H,30,36)(H,31,35)(H,32,34)(H,37,38). The second kappa shape index (κ2) is 14.5. The predicted molar refractivity (Wildman–Crippen MR) is 137 cm³/mol. The van der Waals surface area contributed by atoms with Gasteiger partial charge < -0.3 is 37.5 Å². The molecule has 1 heterocycles. The second-order valence-electron chi connectivity index (χ2n) is 9.08. The summed E-state index contributed by atoms with van der Waals surface area (Å²) in [5.74, 6) is -4.48. The molecule has 9 N–H and O–H groups in total. The number of H-pyrrole nitrogens is 1. The van der Waals surface area contributed by atoms with Crippen LogP contribution in [0.2, 0.25) is 0 Å². The highest BCUT2D eigenvalue weighted by atomic mass is 16.4. The Balaban J connectivity index is 2.24. The van der Waals surface area contributed by atoms with Crippen molar-refractivity contribution in [2.75, 3.05) is 0 Å². The number of primary amides is 1. The Morgan fingerprint density at radius 1 is 0.974 bits per heavy atom. The summed E-state index contributed by atoms with van der Waals surface area (Å²) in [4.78, 5) is 68.7. The molecule has 0 saturated carbocycles. The van der Waals surface area contributed by atoms with E-state index in [1.807, 2.05) is 6.92 Å². The molecule has 0 aliphatic heterocycles. The molecule has 0 radical (unpaired) electrons. The quantitative estimate of drug-likeness (QED) is 0.151. The van der Waals surface area contributed by atoms with E-state index in [4.69, 9.17) is 11.5 Å². The fourth-order valence-corrected chi connectivity index (χ4v) is 3.68. The van der Waals surface area contributed by atoms with Gasteiger partial charge in [-0.05, 0) is 11.5 Å². The molecule has 206 valence electrons. The predicted octanol–water partition coefficient (Wildman–Crippen LogP) is -1.02. The van der Waals surface area contributed by atoms with Gasteiger partial charge in [0.05, 0.1) is 18.8 Å². The molecule has 5 atom stereocenters. The molecule has 4 amide bonds. The zero-order valence-corrected chi connectivity index (χ0v) is 21.3. The van der Waals surface area contributed by atoms with Gasteiger partial charge in [-0.25, -0.2) is 9.78 Å². The molecule has 13 nitrogen and oxygen atoms in total. The van der Waals surface area contributed by atoms with Crippen molar-refractivity contribution in [3.63, 3.8) is 0 Å². The molecule has 1 aromatic heterocycles. The normalized spacial score (nSPS) is 14.8. The van der Waals surface area contributed by atoms with E-state index in [0.29, 0.717) is 12.1 Å². The number of carbonyl (C=O) groups excluding carboxylic acids is 4. The summed E-state index contributed by atoms with van der Waals surface area (Å²) < 4.78 is 0. The van der Waals surface area contributed by atoms with Gasteiger partial charge in [-0.1, -0.05) is 50.6 Å². The van der Waals surface area contributed by atoms with Crippen LogP contribution >= 0.6 is 0 Å². The fraction of sp³-hybridized carbons (Fsp3) is 0.440. The minimum absolute atomic E-state index is 0.0453. The summed E-state index contributed by atoms with van der Waals surface area (Å²) in [5, 5.41) is 17.3. The number of hydrogen-bond acceptors (Lipinski definition) is 7. The highest BCUT2D eigenvalue weighted by Crippen LogP contribution is 2.11. The first-order valence-corrected chi connectivity index (χ1v) is 12.2. The van der Waals surface area contributed by atoms with Crippen LogP contribution in [-0.4, -0.2) is 68.8 Å². The van der Waals surface area contributed by atoms with E-state index in [1.165, 1.54) is 12.5 Å². The molecule has 38 heavy (non-hydrogen) atoms. The lowest BCUT2D eigenvalue weighted by Crippen LogP contribution is -2.59. The Kier molecular flexibility index (Phi) is 11.4. The van der Waals surface area contributed by atoms with E-state index < -0.39 is 60.2 Å². The highest BCUT2D eigenvalue weighted by Gasteiger charge is 2.33. The van der Waals surface area contributed by atoms with Gasteiger partial charge in [0, 0.05) is 24.7 Å². The van der Waals surface area contributed by atoms with Crippen molar-refractivity contribution in [2.45, 2.75) is 63.7 Å². The number of rotatable bonds is 15. The number of nitrogens with two attached hydrogens (primary N) is 2. The van der Waals surface area contributed by atoms with Crippen molar-refractivity contribution >= 4 is 29.6 Å². The van der Waals surface area contributed by atoms with Crippen molar-refractivity contribution in [3.8, 4) is 0 Å². The minimum Gasteiger partial charge on any atom is -0.480 e. The number of amides is 4. The number of aromatic amines is 1. The largest absolute Gasteiger partial charge is 0.480 e. The van der Waals surface area contributed by atoms with Gasteiger partial charge >= 0.3 is 5.97 Å². The van der Waals surface area contributed by atoms with Crippen LogP contribution in [0.5, 0.6) is 0 Å². The number of imidazole rings is 1. The fourth-order valence-electron chi connectivity index (χ4n) is 3.68. The van der Waals surface area contributed by atoms with Gasteiger partial charge in [0.15, 0.2) is 0 Å². The van der Waals surface area contributed by atoms with Crippen LogP contribution in [-0.2, 0) is 36.8 Å². The van der Waals surface area contributed by atoms with Gasteiger partial charge in [-0.2, -0.15) is 0 Å². The number of carboxylic acid groups (broad SMARTS) is 1. The Hall–Kier alpha value is -4.26. The number of nitrogens with one attached hydrogen (secondary N) is 4. The maximum absolute atomic E-state index is 13.3. The van der Waals surface area contributed by atoms with Gasteiger partial charge in [0.2, 0.25) is 23.6 Å². The van der Waals surface area contributed by atoms with Crippen LogP contribution in [0.25, 0.3) is 0 Å².